The van der Waals surface area contributed by atoms with Crippen molar-refractivity contribution in [2.75, 3.05) is 12.3 Å². The number of nitrogens with two attached hydrogens (primary N) is 1. The molecule has 0 spiro atoms. The fourth-order valence-corrected chi connectivity index (χ4v) is 2.86. The first kappa shape index (κ1) is 19.1. The molecule has 2 aromatic rings. The summed E-state index contributed by atoms with van der Waals surface area (Å²) in [6, 6.07) is 4.00. The molecule has 0 saturated carbocycles. The minimum Gasteiger partial charge on any atom is -1.00 e. The predicted octanol–water partition coefficient (Wildman–Crippen LogP) is -4.78. The zero-order valence-electron chi connectivity index (χ0n) is 11.4. The number of aryl methyl sites for hydroxylation is 1. The molecule has 0 aliphatic rings. The van der Waals surface area contributed by atoms with Crippen molar-refractivity contribution in [3.05, 3.63) is 39.5 Å². The van der Waals surface area contributed by atoms with Gasteiger partial charge in [-0.2, -0.15) is 4.57 Å². The number of hydrogen-bond acceptors (Lipinski definition) is 4. The van der Waals surface area contributed by atoms with Gasteiger partial charge in [-0.05, 0) is 19.1 Å². The first-order chi connectivity index (χ1) is 8.61. The highest BCUT2D eigenvalue weighted by molar-refractivity contribution is 7.09. The van der Waals surface area contributed by atoms with Crippen molar-refractivity contribution < 1.29 is 34.5 Å². The van der Waals surface area contributed by atoms with Crippen LogP contribution in [0.4, 0.5) is 5.82 Å². The average molecular weight is 335 g/mol. The van der Waals surface area contributed by atoms with Crippen LogP contribution in [-0.2, 0) is 13.0 Å². The maximum absolute atomic E-state index is 8.99. The lowest BCUT2D eigenvalue weighted by molar-refractivity contribution is -0.689. The number of pyridine rings is 1. The summed E-state index contributed by atoms with van der Waals surface area (Å²) in [5, 5.41) is 8.99. The Hall–Kier alpha value is -0.880. The molecule has 4 nitrogen and oxygen atoms in total. The Morgan fingerprint density at radius 3 is 2.60 bits per heavy atom. The van der Waals surface area contributed by atoms with E-state index in [1.54, 1.807) is 11.3 Å². The monoisotopic (exact) mass is 334 g/mol. The summed E-state index contributed by atoms with van der Waals surface area (Å²) in [6.07, 6.45) is 0.713. The molecular weight excluding hydrogens is 317 g/mol. The highest BCUT2D eigenvalue weighted by Gasteiger charge is 2.16. The molecule has 0 aliphatic heterocycles. The third-order valence-corrected chi connectivity index (χ3v) is 4.13. The number of nitrogen functional groups attached to an aromatic ring is 1. The minimum atomic E-state index is 0. The summed E-state index contributed by atoms with van der Waals surface area (Å²) in [4.78, 5) is 5.49. The zero-order chi connectivity index (χ0) is 13.1. The van der Waals surface area contributed by atoms with Crippen LogP contribution >= 0.6 is 11.3 Å². The van der Waals surface area contributed by atoms with Gasteiger partial charge in [0.2, 0.25) is 5.51 Å². The maximum Gasteiger partial charge on any atom is 0.225 e. The topological polar surface area (TPSA) is 63.0 Å². The Bertz CT molecular complexity index is 561. The summed E-state index contributed by atoms with van der Waals surface area (Å²) in [5.41, 5.74) is 11.1. The number of nitrogens with zero attached hydrogens (tertiary/aromatic N) is 2. The van der Waals surface area contributed by atoms with Crippen LogP contribution in [0.15, 0.2) is 17.6 Å². The lowest BCUT2D eigenvalue weighted by atomic mass is 10.2. The molecule has 0 fully saturated rings. The van der Waals surface area contributed by atoms with Crippen LogP contribution in [0.2, 0.25) is 0 Å². The molecule has 3 N–H and O–H groups in total. The number of halogens is 2. The van der Waals surface area contributed by atoms with E-state index in [9.17, 15) is 0 Å². The van der Waals surface area contributed by atoms with Gasteiger partial charge in [-0.15, -0.1) is 0 Å². The van der Waals surface area contributed by atoms with Crippen LogP contribution < -0.4 is 35.1 Å². The van der Waals surface area contributed by atoms with E-state index >= 15 is 0 Å². The summed E-state index contributed by atoms with van der Waals surface area (Å²) in [6.45, 7) is 4.92. The van der Waals surface area contributed by atoms with E-state index in [-0.39, 0.29) is 31.4 Å². The molecule has 0 amide bonds. The Balaban J connectivity index is 0.00000180. The molecule has 0 saturated heterocycles. The molecule has 112 valence electrons. The van der Waals surface area contributed by atoms with Gasteiger partial charge in [-0.25, -0.2) is 4.98 Å². The summed E-state index contributed by atoms with van der Waals surface area (Å²) < 4.78 is 2.15. The lowest BCUT2D eigenvalue weighted by Gasteiger charge is -2.02. The standard InChI is InChI=1S/C13H18N3OS.2ClH/c1-9-3-4-11(13(14)15-9)7-16-8-18-12(5-6-17)10(16)2;;/h3-4,8,17H,5-7H2,1-2H3,(H2,14,15);2*1H/q+1;;/p-2. The third-order valence-electron chi connectivity index (χ3n) is 2.99. The van der Waals surface area contributed by atoms with E-state index in [2.05, 4.69) is 22.0 Å². The van der Waals surface area contributed by atoms with Crippen LogP contribution in [-0.4, -0.2) is 16.7 Å². The minimum absolute atomic E-state index is 0. The van der Waals surface area contributed by atoms with Gasteiger partial charge < -0.3 is 35.7 Å². The number of thiazole rings is 1. The zero-order valence-corrected chi connectivity index (χ0v) is 13.8. The maximum atomic E-state index is 8.99. The second kappa shape index (κ2) is 8.42. The van der Waals surface area contributed by atoms with Crippen molar-refractivity contribution in [3.63, 3.8) is 0 Å². The van der Waals surface area contributed by atoms with E-state index < -0.39 is 0 Å². The summed E-state index contributed by atoms with van der Waals surface area (Å²) in [5.74, 6) is 0.594. The van der Waals surface area contributed by atoms with Crippen molar-refractivity contribution in [2.24, 2.45) is 0 Å². The first-order valence-electron chi connectivity index (χ1n) is 5.91. The van der Waals surface area contributed by atoms with Gasteiger partial charge in [0.15, 0.2) is 12.2 Å². The normalized spacial score (nSPS) is 9.75. The van der Waals surface area contributed by atoms with Crippen molar-refractivity contribution in [1.29, 1.82) is 0 Å². The van der Waals surface area contributed by atoms with E-state index in [4.69, 9.17) is 10.8 Å². The van der Waals surface area contributed by atoms with Gasteiger partial charge in [0.1, 0.15) is 5.82 Å². The van der Waals surface area contributed by atoms with Crippen LogP contribution in [0.5, 0.6) is 0 Å². The fraction of sp³-hybridized carbons (Fsp3) is 0.385. The van der Waals surface area contributed by atoms with Crippen LogP contribution in [0.3, 0.4) is 0 Å². The molecule has 0 aromatic carbocycles. The molecule has 2 heterocycles. The van der Waals surface area contributed by atoms with Crippen molar-refractivity contribution in [1.82, 2.24) is 4.98 Å². The largest absolute Gasteiger partial charge is 1.00 e. The Kier molecular flexibility index (Phi) is 8.05. The lowest BCUT2D eigenvalue weighted by Crippen LogP contribution is -3.00. The summed E-state index contributed by atoms with van der Waals surface area (Å²) in [7, 11) is 0. The Morgan fingerprint density at radius 1 is 1.30 bits per heavy atom. The fourth-order valence-electron chi connectivity index (χ4n) is 1.87. The smallest absolute Gasteiger partial charge is 0.225 e. The van der Waals surface area contributed by atoms with Crippen molar-refractivity contribution in [2.45, 2.75) is 26.8 Å². The SMILES string of the molecule is Cc1ccc(C[n+]2csc(CCO)c2C)c(N)n1.[Cl-].[Cl-]. The highest BCUT2D eigenvalue weighted by Crippen LogP contribution is 2.14. The molecule has 2 aromatic heterocycles. The molecule has 0 unspecified atom stereocenters. The van der Waals surface area contributed by atoms with Gasteiger partial charge in [0, 0.05) is 25.6 Å². The molecule has 2 rings (SSSR count). The molecule has 0 bridgehead atoms. The Labute approximate surface area is 135 Å². The predicted molar refractivity (Wildman–Crippen MR) is 72.5 cm³/mol. The molecule has 0 atom stereocenters. The van der Waals surface area contributed by atoms with Gasteiger partial charge in [0.25, 0.3) is 0 Å². The van der Waals surface area contributed by atoms with Gasteiger partial charge in [-0.1, -0.05) is 11.3 Å². The first-order valence-corrected chi connectivity index (χ1v) is 6.79. The van der Waals surface area contributed by atoms with Crippen LogP contribution in [0.25, 0.3) is 0 Å². The number of hydrogen-bond donors (Lipinski definition) is 2. The third kappa shape index (κ3) is 4.31. The average Bonchev–Trinajstić information content (AvgIpc) is 2.66. The Morgan fingerprint density at radius 2 is 2.00 bits per heavy atom. The number of aromatic nitrogens is 2. The number of aliphatic hydroxyl groups is 1. The second-order valence-electron chi connectivity index (χ2n) is 4.33. The van der Waals surface area contributed by atoms with Gasteiger partial charge in [0.05, 0.1) is 10.4 Å². The van der Waals surface area contributed by atoms with E-state index in [0.717, 1.165) is 17.8 Å². The van der Waals surface area contributed by atoms with Crippen LogP contribution in [0.1, 0.15) is 21.8 Å². The summed E-state index contributed by atoms with van der Waals surface area (Å²) >= 11 is 1.67. The highest BCUT2D eigenvalue weighted by atomic mass is 35.5. The number of rotatable bonds is 4. The molecule has 0 radical (unpaired) electrons. The number of anilines is 1. The van der Waals surface area contributed by atoms with E-state index in [1.165, 1.54) is 10.6 Å². The van der Waals surface area contributed by atoms with Crippen molar-refractivity contribution in [3.8, 4) is 0 Å². The molecule has 20 heavy (non-hydrogen) atoms. The second-order valence-corrected chi connectivity index (χ2v) is 5.27. The molecule has 7 heteroatoms. The molecule has 0 aliphatic carbocycles. The van der Waals surface area contributed by atoms with E-state index in [0.29, 0.717) is 12.2 Å². The van der Waals surface area contributed by atoms with Gasteiger partial charge in [-0.3, -0.25) is 0 Å². The van der Waals surface area contributed by atoms with Gasteiger partial charge >= 0.3 is 0 Å². The molecular formula is C13H18Cl2N3OS-. The van der Waals surface area contributed by atoms with E-state index in [1.807, 2.05) is 19.1 Å². The van der Waals surface area contributed by atoms with Crippen molar-refractivity contribution >= 4 is 17.2 Å². The number of aliphatic hydroxyl groups excluding tert-OH is 1. The van der Waals surface area contributed by atoms with Crippen LogP contribution in [0, 0.1) is 13.8 Å². The quantitative estimate of drug-likeness (QED) is 0.552.